The fourth-order valence-corrected chi connectivity index (χ4v) is 2.29. The van der Waals surface area contributed by atoms with Gasteiger partial charge in [0.15, 0.2) is 11.5 Å². The Kier molecular flexibility index (Phi) is 3.39. The number of thiazole rings is 1. The molecule has 2 heterocycles. The first-order chi connectivity index (χ1) is 8.90. The number of nitrogens with zero attached hydrogens (tertiary/aromatic N) is 2. The van der Waals surface area contributed by atoms with Gasteiger partial charge in [-0.1, -0.05) is 0 Å². The van der Waals surface area contributed by atoms with Gasteiger partial charge in [-0.05, 0) is 26.0 Å². The molecular weight excluding hydrogens is 264 g/mol. The number of carboxylic acid groups (broad SMARTS) is 1. The van der Waals surface area contributed by atoms with Crippen LogP contribution in [0, 0.1) is 0 Å². The zero-order valence-electron chi connectivity index (χ0n) is 10.5. The molecule has 0 saturated carbocycles. The Balaban J connectivity index is 2.33. The van der Waals surface area contributed by atoms with Gasteiger partial charge in [-0.15, -0.1) is 11.3 Å². The van der Waals surface area contributed by atoms with Gasteiger partial charge in [0.2, 0.25) is 0 Å². The molecule has 100 valence electrons. The Hall–Kier alpha value is -2.15. The van der Waals surface area contributed by atoms with E-state index in [-0.39, 0.29) is 5.69 Å². The maximum Gasteiger partial charge on any atom is 0.354 e. The maximum atomic E-state index is 10.9. The Morgan fingerprint density at radius 3 is 2.79 bits per heavy atom. The number of aromatic carboxylic acids is 1. The molecule has 0 saturated heterocycles. The van der Waals surface area contributed by atoms with Crippen LogP contribution in [0.3, 0.4) is 0 Å². The zero-order chi connectivity index (χ0) is 14.0. The van der Waals surface area contributed by atoms with Gasteiger partial charge >= 0.3 is 5.97 Å². The van der Waals surface area contributed by atoms with Gasteiger partial charge in [0.05, 0.1) is 11.2 Å². The van der Waals surface area contributed by atoms with E-state index >= 15 is 0 Å². The van der Waals surface area contributed by atoms with E-state index in [1.54, 1.807) is 6.20 Å². The van der Waals surface area contributed by atoms with Crippen LogP contribution in [0.5, 0.6) is 0 Å². The first kappa shape index (κ1) is 13.3. The van der Waals surface area contributed by atoms with Gasteiger partial charge < -0.3 is 16.2 Å². The lowest BCUT2D eigenvalue weighted by atomic mass is 10.1. The number of rotatable bonds is 4. The van der Waals surface area contributed by atoms with E-state index in [9.17, 15) is 4.79 Å². The van der Waals surface area contributed by atoms with Crippen LogP contribution in [0.1, 0.15) is 29.3 Å². The maximum absolute atomic E-state index is 10.9. The molecule has 19 heavy (non-hydrogen) atoms. The van der Waals surface area contributed by atoms with Gasteiger partial charge in [-0.3, -0.25) is 0 Å². The van der Waals surface area contributed by atoms with Crippen molar-refractivity contribution in [3.05, 3.63) is 34.4 Å². The summed E-state index contributed by atoms with van der Waals surface area (Å²) in [5.74, 6) is -0.741. The van der Waals surface area contributed by atoms with E-state index in [1.165, 1.54) is 23.5 Å². The minimum Gasteiger partial charge on any atom is -0.477 e. The number of anilines is 2. The van der Waals surface area contributed by atoms with Crippen molar-refractivity contribution in [3.63, 3.8) is 0 Å². The molecule has 0 spiro atoms. The monoisotopic (exact) mass is 278 g/mol. The molecule has 0 aliphatic carbocycles. The van der Waals surface area contributed by atoms with Crippen LogP contribution in [0.15, 0.2) is 23.7 Å². The summed E-state index contributed by atoms with van der Waals surface area (Å²) in [6, 6.07) is 2.90. The predicted molar refractivity (Wildman–Crippen MR) is 74.4 cm³/mol. The summed E-state index contributed by atoms with van der Waals surface area (Å²) in [5, 5.41) is 14.8. The van der Waals surface area contributed by atoms with Gasteiger partial charge in [-0.2, -0.15) is 0 Å². The van der Waals surface area contributed by atoms with Crippen LogP contribution in [-0.4, -0.2) is 21.0 Å². The molecule has 7 heteroatoms. The van der Waals surface area contributed by atoms with E-state index in [0.29, 0.717) is 11.5 Å². The Bertz CT molecular complexity index is 596. The van der Waals surface area contributed by atoms with Crippen molar-refractivity contribution in [3.8, 4) is 0 Å². The van der Waals surface area contributed by atoms with Crippen LogP contribution in [0.2, 0.25) is 0 Å². The number of carboxylic acids is 1. The minimum atomic E-state index is -1.09. The number of nitrogen functional groups attached to an aromatic ring is 1. The summed E-state index contributed by atoms with van der Waals surface area (Å²) >= 11 is 1.51. The van der Waals surface area contributed by atoms with Crippen molar-refractivity contribution in [1.29, 1.82) is 0 Å². The Morgan fingerprint density at radius 1 is 1.47 bits per heavy atom. The second-order valence-corrected chi connectivity index (χ2v) is 5.42. The van der Waals surface area contributed by atoms with E-state index in [4.69, 9.17) is 10.8 Å². The standard InChI is InChI=1S/C12H14N4O2S/c1-12(2,11-14-5-6-19-11)16-9-7(13)3-4-8(15-9)10(17)18/h3-6H,13H2,1-2H3,(H,15,16)(H,17,18). The molecule has 2 rings (SSSR count). The van der Waals surface area contributed by atoms with Gasteiger partial charge in [0.1, 0.15) is 5.01 Å². The number of hydrogen-bond donors (Lipinski definition) is 3. The molecule has 0 aromatic carbocycles. The van der Waals surface area contributed by atoms with E-state index in [0.717, 1.165) is 5.01 Å². The van der Waals surface area contributed by atoms with E-state index in [2.05, 4.69) is 15.3 Å². The van der Waals surface area contributed by atoms with Gasteiger partial charge in [0.25, 0.3) is 0 Å². The highest BCUT2D eigenvalue weighted by atomic mass is 32.1. The van der Waals surface area contributed by atoms with Crippen LogP contribution in [-0.2, 0) is 5.54 Å². The molecule has 0 amide bonds. The molecule has 0 aliphatic heterocycles. The van der Waals surface area contributed by atoms with Crippen LogP contribution in [0.25, 0.3) is 0 Å². The summed E-state index contributed by atoms with van der Waals surface area (Å²) in [7, 11) is 0. The minimum absolute atomic E-state index is 0.0494. The highest BCUT2D eigenvalue weighted by molar-refractivity contribution is 7.09. The molecule has 4 N–H and O–H groups in total. The quantitative estimate of drug-likeness (QED) is 0.792. The average Bonchev–Trinajstić information content (AvgIpc) is 2.85. The van der Waals surface area contributed by atoms with Crippen molar-refractivity contribution in [2.24, 2.45) is 0 Å². The Labute approximate surface area is 114 Å². The number of nitrogens with one attached hydrogen (secondary N) is 1. The predicted octanol–water partition coefficient (Wildman–Crippen LogP) is 2.17. The molecule has 0 aliphatic rings. The number of hydrogen-bond acceptors (Lipinski definition) is 6. The second-order valence-electron chi connectivity index (χ2n) is 4.53. The normalized spacial score (nSPS) is 11.3. The fourth-order valence-electron chi connectivity index (χ4n) is 1.57. The van der Waals surface area contributed by atoms with E-state index in [1.807, 2.05) is 19.2 Å². The summed E-state index contributed by atoms with van der Waals surface area (Å²) in [6.45, 7) is 3.86. The molecule has 0 radical (unpaired) electrons. The lowest BCUT2D eigenvalue weighted by Crippen LogP contribution is -2.29. The molecule has 0 atom stereocenters. The molecule has 2 aromatic rings. The summed E-state index contributed by atoms with van der Waals surface area (Å²) in [6.07, 6.45) is 1.72. The molecule has 6 nitrogen and oxygen atoms in total. The average molecular weight is 278 g/mol. The lowest BCUT2D eigenvalue weighted by Gasteiger charge is -2.25. The molecule has 2 aromatic heterocycles. The first-order valence-electron chi connectivity index (χ1n) is 5.58. The fraction of sp³-hybridized carbons (Fsp3) is 0.250. The number of aromatic nitrogens is 2. The molecule has 0 unspecified atom stereocenters. The third-order valence-electron chi connectivity index (χ3n) is 2.54. The smallest absolute Gasteiger partial charge is 0.354 e. The summed E-state index contributed by atoms with van der Waals surface area (Å²) in [4.78, 5) is 19.2. The first-order valence-corrected chi connectivity index (χ1v) is 6.46. The molecular formula is C12H14N4O2S. The zero-order valence-corrected chi connectivity index (χ0v) is 11.4. The molecule has 0 fully saturated rings. The lowest BCUT2D eigenvalue weighted by molar-refractivity contribution is 0.0690. The second kappa shape index (κ2) is 4.85. The van der Waals surface area contributed by atoms with Crippen molar-refractivity contribution >= 4 is 28.8 Å². The largest absolute Gasteiger partial charge is 0.477 e. The van der Waals surface area contributed by atoms with Crippen molar-refractivity contribution in [1.82, 2.24) is 9.97 Å². The summed E-state index contributed by atoms with van der Waals surface area (Å²) in [5.41, 5.74) is 5.68. The van der Waals surface area contributed by atoms with Crippen LogP contribution < -0.4 is 11.1 Å². The highest BCUT2D eigenvalue weighted by Gasteiger charge is 2.24. The Morgan fingerprint density at radius 2 is 2.21 bits per heavy atom. The molecule has 0 bridgehead atoms. The van der Waals surface area contributed by atoms with E-state index < -0.39 is 11.5 Å². The van der Waals surface area contributed by atoms with Gasteiger partial charge in [0, 0.05) is 11.6 Å². The summed E-state index contributed by atoms with van der Waals surface area (Å²) < 4.78 is 0. The highest BCUT2D eigenvalue weighted by Crippen LogP contribution is 2.28. The topological polar surface area (TPSA) is 101 Å². The van der Waals surface area contributed by atoms with Gasteiger partial charge in [-0.25, -0.2) is 14.8 Å². The SMILES string of the molecule is CC(C)(Nc1nc(C(=O)O)ccc1N)c1nccs1. The van der Waals surface area contributed by atoms with Crippen molar-refractivity contribution in [2.45, 2.75) is 19.4 Å². The third-order valence-corrected chi connectivity index (χ3v) is 3.64. The number of carbonyl (C=O) groups is 1. The van der Waals surface area contributed by atoms with Crippen LogP contribution >= 0.6 is 11.3 Å². The number of nitrogens with two attached hydrogens (primary N) is 1. The van der Waals surface area contributed by atoms with Crippen molar-refractivity contribution in [2.75, 3.05) is 11.1 Å². The van der Waals surface area contributed by atoms with Crippen LogP contribution in [0.4, 0.5) is 11.5 Å². The number of pyridine rings is 1. The van der Waals surface area contributed by atoms with Crippen molar-refractivity contribution < 1.29 is 9.90 Å². The third kappa shape index (κ3) is 2.82.